The van der Waals surface area contributed by atoms with E-state index in [4.69, 9.17) is 4.74 Å². The summed E-state index contributed by atoms with van der Waals surface area (Å²) in [7, 11) is 1.30. The fourth-order valence-corrected chi connectivity index (χ4v) is 3.66. The van der Waals surface area contributed by atoms with Gasteiger partial charge in [0.2, 0.25) is 0 Å². The molecule has 0 unspecified atom stereocenters. The number of pyridine rings is 2. The van der Waals surface area contributed by atoms with E-state index in [1.54, 1.807) is 19.2 Å². The molecule has 6 nitrogen and oxygen atoms in total. The van der Waals surface area contributed by atoms with Gasteiger partial charge in [0.25, 0.3) is 5.56 Å². The summed E-state index contributed by atoms with van der Waals surface area (Å²) in [4.78, 5) is 33.9. The van der Waals surface area contributed by atoms with E-state index in [0.717, 1.165) is 11.3 Å². The molecule has 3 heterocycles. The Kier molecular flexibility index (Phi) is 4.29. The summed E-state index contributed by atoms with van der Waals surface area (Å²) >= 11 is 1.38. The molecular weight excluding hydrogens is 362 g/mol. The van der Waals surface area contributed by atoms with Gasteiger partial charge in [0.1, 0.15) is 0 Å². The number of hydrogen-bond acceptors (Lipinski definition) is 6. The summed E-state index contributed by atoms with van der Waals surface area (Å²) in [6.07, 6.45) is 1.66. The fraction of sp³-hybridized carbons (Fsp3) is 0.100. The summed E-state index contributed by atoms with van der Waals surface area (Å²) in [6.45, 7) is 1.71. The number of nitrogens with zero attached hydrogens (tertiary/aromatic N) is 3. The molecule has 3 aromatic heterocycles. The van der Waals surface area contributed by atoms with Crippen molar-refractivity contribution in [2.24, 2.45) is 0 Å². The molecule has 4 rings (SSSR count). The second kappa shape index (κ2) is 6.77. The molecule has 0 saturated carbocycles. The van der Waals surface area contributed by atoms with Crippen LogP contribution in [0.15, 0.2) is 58.8 Å². The Balaban J connectivity index is 1.85. The smallest absolute Gasteiger partial charge is 0.339 e. The standard InChI is InChI=1S/C20H15N3O3S/c1-12-14(19(25)26-2)10-15-16(21-12)8-9-23(18(15)24)20-22-17(11-27-20)13-6-4-3-5-7-13/h3-11H,1-2H3. The maximum Gasteiger partial charge on any atom is 0.339 e. The number of hydrogen-bond donors (Lipinski definition) is 0. The fourth-order valence-electron chi connectivity index (χ4n) is 2.85. The molecule has 0 radical (unpaired) electrons. The molecule has 0 atom stereocenters. The number of rotatable bonds is 3. The summed E-state index contributed by atoms with van der Waals surface area (Å²) in [6, 6.07) is 13.0. The van der Waals surface area contributed by atoms with Crippen molar-refractivity contribution in [3.8, 4) is 16.4 Å². The Hall–Kier alpha value is -3.32. The first-order valence-electron chi connectivity index (χ1n) is 8.21. The van der Waals surface area contributed by atoms with Crippen LogP contribution in [0.2, 0.25) is 0 Å². The van der Waals surface area contributed by atoms with E-state index >= 15 is 0 Å². The summed E-state index contributed by atoms with van der Waals surface area (Å²) in [5.41, 5.74) is 2.84. The Labute approximate surface area is 158 Å². The number of thiazole rings is 1. The van der Waals surface area contributed by atoms with Crippen LogP contribution in [0.5, 0.6) is 0 Å². The highest BCUT2D eigenvalue weighted by Crippen LogP contribution is 2.24. The number of benzene rings is 1. The lowest BCUT2D eigenvalue weighted by Crippen LogP contribution is -2.19. The molecule has 0 saturated heterocycles. The zero-order valence-corrected chi connectivity index (χ0v) is 15.5. The number of carbonyl (C=O) groups excluding carboxylic acids is 1. The zero-order valence-electron chi connectivity index (χ0n) is 14.7. The predicted molar refractivity (Wildman–Crippen MR) is 105 cm³/mol. The van der Waals surface area contributed by atoms with Gasteiger partial charge in [-0.25, -0.2) is 9.78 Å². The molecule has 0 aliphatic heterocycles. The van der Waals surface area contributed by atoms with Crippen molar-refractivity contribution in [2.75, 3.05) is 7.11 Å². The molecule has 7 heteroatoms. The van der Waals surface area contributed by atoms with E-state index in [1.165, 1.54) is 29.1 Å². The van der Waals surface area contributed by atoms with E-state index in [0.29, 0.717) is 21.7 Å². The van der Waals surface area contributed by atoms with Gasteiger partial charge >= 0.3 is 5.97 Å². The molecule has 0 bridgehead atoms. The first-order chi connectivity index (χ1) is 13.1. The lowest BCUT2D eigenvalue weighted by Gasteiger charge is -2.07. The van der Waals surface area contributed by atoms with E-state index < -0.39 is 5.97 Å². The van der Waals surface area contributed by atoms with Gasteiger partial charge in [-0.15, -0.1) is 11.3 Å². The molecule has 0 fully saturated rings. The van der Waals surface area contributed by atoms with Crippen molar-refractivity contribution >= 4 is 28.2 Å². The van der Waals surface area contributed by atoms with Gasteiger partial charge in [0, 0.05) is 17.1 Å². The van der Waals surface area contributed by atoms with Crippen LogP contribution in [0.1, 0.15) is 16.1 Å². The van der Waals surface area contributed by atoms with Crippen LogP contribution in [0, 0.1) is 6.92 Å². The Bertz CT molecular complexity index is 1210. The average Bonchev–Trinajstić information content (AvgIpc) is 3.18. The van der Waals surface area contributed by atoms with E-state index in [-0.39, 0.29) is 11.1 Å². The van der Waals surface area contributed by atoms with E-state index in [9.17, 15) is 9.59 Å². The number of aryl methyl sites for hydroxylation is 1. The summed E-state index contributed by atoms with van der Waals surface area (Å²) in [5.74, 6) is -0.516. The second-order valence-corrected chi connectivity index (χ2v) is 6.75. The Morgan fingerprint density at radius 3 is 2.67 bits per heavy atom. The van der Waals surface area contributed by atoms with Crippen molar-refractivity contribution in [3.63, 3.8) is 0 Å². The molecule has 1 aromatic carbocycles. The SMILES string of the molecule is COC(=O)c1cc2c(=O)n(-c3nc(-c4ccccc4)cs3)ccc2nc1C. The van der Waals surface area contributed by atoms with Crippen molar-refractivity contribution in [2.45, 2.75) is 6.92 Å². The van der Waals surface area contributed by atoms with Gasteiger partial charge in [-0.3, -0.25) is 14.3 Å². The van der Waals surface area contributed by atoms with Crippen LogP contribution in [-0.2, 0) is 4.74 Å². The van der Waals surface area contributed by atoms with Crippen molar-refractivity contribution in [3.05, 3.63) is 75.7 Å². The van der Waals surface area contributed by atoms with Crippen molar-refractivity contribution in [1.29, 1.82) is 0 Å². The number of esters is 1. The third-order valence-electron chi connectivity index (χ3n) is 4.25. The van der Waals surface area contributed by atoms with Crippen LogP contribution in [0.25, 0.3) is 27.3 Å². The number of methoxy groups -OCH3 is 1. The largest absolute Gasteiger partial charge is 0.465 e. The van der Waals surface area contributed by atoms with Crippen LogP contribution in [0.4, 0.5) is 0 Å². The van der Waals surface area contributed by atoms with Crippen LogP contribution in [0.3, 0.4) is 0 Å². The van der Waals surface area contributed by atoms with E-state index in [2.05, 4.69) is 9.97 Å². The second-order valence-electron chi connectivity index (χ2n) is 5.92. The average molecular weight is 377 g/mol. The molecule has 0 spiro atoms. The molecule has 27 heavy (non-hydrogen) atoms. The van der Waals surface area contributed by atoms with Crippen molar-refractivity contribution < 1.29 is 9.53 Å². The normalized spacial score (nSPS) is 10.9. The van der Waals surface area contributed by atoms with Gasteiger partial charge in [-0.05, 0) is 19.1 Å². The van der Waals surface area contributed by atoms with Gasteiger partial charge in [-0.1, -0.05) is 30.3 Å². The topological polar surface area (TPSA) is 74.1 Å². The first kappa shape index (κ1) is 17.1. The molecule has 0 N–H and O–H groups in total. The Morgan fingerprint density at radius 1 is 1.15 bits per heavy atom. The maximum absolute atomic E-state index is 13.0. The quantitative estimate of drug-likeness (QED) is 0.510. The minimum atomic E-state index is -0.516. The highest BCUT2D eigenvalue weighted by Gasteiger charge is 2.15. The maximum atomic E-state index is 13.0. The molecule has 0 aliphatic carbocycles. The molecule has 0 aliphatic rings. The highest BCUT2D eigenvalue weighted by molar-refractivity contribution is 7.12. The van der Waals surface area contributed by atoms with Crippen molar-refractivity contribution in [1.82, 2.24) is 14.5 Å². The minimum Gasteiger partial charge on any atom is -0.465 e. The van der Waals surface area contributed by atoms with Gasteiger partial charge in [0.05, 0.1) is 35.0 Å². The lowest BCUT2D eigenvalue weighted by molar-refractivity contribution is 0.0599. The molecule has 4 aromatic rings. The first-order valence-corrected chi connectivity index (χ1v) is 9.09. The van der Waals surface area contributed by atoms with Crippen LogP contribution >= 0.6 is 11.3 Å². The molecule has 0 amide bonds. The number of aromatic nitrogens is 3. The highest BCUT2D eigenvalue weighted by atomic mass is 32.1. The monoisotopic (exact) mass is 377 g/mol. The number of ether oxygens (including phenoxy) is 1. The van der Waals surface area contributed by atoms with Gasteiger partial charge in [-0.2, -0.15) is 0 Å². The Morgan fingerprint density at radius 2 is 1.93 bits per heavy atom. The van der Waals surface area contributed by atoms with Crippen LogP contribution < -0.4 is 5.56 Å². The lowest BCUT2D eigenvalue weighted by atomic mass is 10.1. The molecular formula is C20H15N3O3S. The number of carbonyl (C=O) groups is 1. The minimum absolute atomic E-state index is 0.279. The summed E-state index contributed by atoms with van der Waals surface area (Å²) in [5, 5.41) is 2.81. The third-order valence-corrected chi connectivity index (χ3v) is 5.09. The van der Waals surface area contributed by atoms with Gasteiger partial charge < -0.3 is 4.74 Å². The molecule has 134 valence electrons. The third kappa shape index (κ3) is 3.02. The predicted octanol–water partition coefficient (Wildman–Crippen LogP) is 3.60. The van der Waals surface area contributed by atoms with Crippen LogP contribution in [-0.4, -0.2) is 27.6 Å². The zero-order chi connectivity index (χ0) is 19.0. The number of fused-ring (bicyclic) bond motifs is 1. The van der Waals surface area contributed by atoms with Gasteiger partial charge in [0.15, 0.2) is 5.13 Å². The van der Waals surface area contributed by atoms with E-state index in [1.807, 2.05) is 35.7 Å². The summed E-state index contributed by atoms with van der Waals surface area (Å²) < 4.78 is 6.24.